The first-order valence-electron chi connectivity index (χ1n) is 16.6. The second-order valence-corrected chi connectivity index (χ2v) is 12.9. The highest BCUT2D eigenvalue weighted by molar-refractivity contribution is 6.19. The molecule has 0 saturated heterocycles. The van der Waals surface area contributed by atoms with Crippen LogP contribution in [0.15, 0.2) is 170 Å². The third kappa shape index (κ3) is 3.41. The van der Waals surface area contributed by atoms with Gasteiger partial charge in [0.2, 0.25) is 0 Å². The number of fused-ring (bicyclic) bond motifs is 12. The van der Waals surface area contributed by atoms with E-state index in [1.807, 2.05) is 0 Å². The lowest BCUT2D eigenvalue weighted by Gasteiger charge is -2.26. The van der Waals surface area contributed by atoms with E-state index in [9.17, 15) is 0 Å². The third-order valence-corrected chi connectivity index (χ3v) is 10.5. The molecule has 0 atom stereocenters. The summed E-state index contributed by atoms with van der Waals surface area (Å²) in [4.78, 5) is 2.46. The fourth-order valence-electron chi connectivity index (χ4n) is 8.43. The summed E-state index contributed by atoms with van der Waals surface area (Å²) < 4.78 is 2.46. The maximum atomic E-state index is 2.46. The van der Waals surface area contributed by atoms with Gasteiger partial charge in [-0.1, -0.05) is 133 Å². The number of para-hydroxylation sites is 2. The Labute approximate surface area is 278 Å². The van der Waals surface area contributed by atoms with E-state index in [1.165, 1.54) is 88.3 Å². The molecule has 2 nitrogen and oxygen atoms in total. The van der Waals surface area contributed by atoms with Crippen molar-refractivity contribution < 1.29 is 0 Å². The Kier molecular flexibility index (Phi) is 5.14. The Morgan fingerprint density at radius 1 is 0.354 bits per heavy atom. The van der Waals surface area contributed by atoms with Crippen LogP contribution in [0.1, 0.15) is 0 Å². The lowest BCUT2D eigenvalue weighted by Crippen LogP contribution is -2.12. The van der Waals surface area contributed by atoms with Crippen molar-refractivity contribution in [2.45, 2.75) is 0 Å². The summed E-state index contributed by atoms with van der Waals surface area (Å²) in [6, 6.07) is 62.6. The molecule has 1 aliphatic heterocycles. The number of hydrogen-bond acceptors (Lipinski definition) is 1. The molecule has 11 rings (SSSR count). The average Bonchev–Trinajstić information content (AvgIpc) is 3.66. The van der Waals surface area contributed by atoms with Gasteiger partial charge in [0, 0.05) is 22.2 Å². The summed E-state index contributed by atoms with van der Waals surface area (Å²) in [6.45, 7) is 0. The van der Waals surface area contributed by atoms with E-state index in [1.54, 1.807) is 0 Å². The molecule has 0 amide bonds. The Balaban J connectivity index is 1.18. The van der Waals surface area contributed by atoms with Crippen molar-refractivity contribution in [2.75, 3.05) is 4.90 Å². The standard InChI is InChI=1S/C46H28N2/c1-2-14-32-29(11-1)23-26-44-41(32)28-45-47(42-21-7-5-17-36(42)37-18-6-8-22-43(37)48(44)45)31-13-9-12-30(27-31)33-24-25-40-35-16-4-3-15-34(35)39-20-10-19-38(33)46(39)40/h1-28H. The lowest BCUT2D eigenvalue weighted by atomic mass is 9.94. The lowest BCUT2D eigenvalue weighted by molar-refractivity contribution is 1.09. The zero-order valence-corrected chi connectivity index (χ0v) is 26.1. The van der Waals surface area contributed by atoms with E-state index in [4.69, 9.17) is 0 Å². The number of rotatable bonds is 2. The predicted molar refractivity (Wildman–Crippen MR) is 202 cm³/mol. The van der Waals surface area contributed by atoms with Crippen molar-refractivity contribution in [3.8, 4) is 50.2 Å². The minimum Gasteiger partial charge on any atom is -0.295 e. The van der Waals surface area contributed by atoms with Crippen molar-refractivity contribution in [1.82, 2.24) is 4.57 Å². The molecule has 2 heteroatoms. The molecule has 0 saturated carbocycles. The Morgan fingerprint density at radius 2 is 0.979 bits per heavy atom. The smallest absolute Gasteiger partial charge is 0.123 e. The second kappa shape index (κ2) is 9.57. The summed E-state index contributed by atoms with van der Waals surface area (Å²) in [5.74, 6) is 1.13. The van der Waals surface area contributed by atoms with E-state index in [2.05, 4.69) is 179 Å². The van der Waals surface area contributed by atoms with Gasteiger partial charge in [0.1, 0.15) is 5.82 Å². The summed E-state index contributed by atoms with van der Waals surface area (Å²) in [7, 11) is 0. The van der Waals surface area contributed by atoms with Crippen LogP contribution in [0.3, 0.4) is 0 Å². The monoisotopic (exact) mass is 608 g/mol. The number of nitrogens with zero attached hydrogens (tertiary/aromatic N) is 2. The molecule has 9 aromatic rings. The zero-order chi connectivity index (χ0) is 31.3. The first-order chi connectivity index (χ1) is 23.8. The molecule has 8 aromatic carbocycles. The molecular weight excluding hydrogens is 581 g/mol. The second-order valence-electron chi connectivity index (χ2n) is 12.9. The molecule has 2 heterocycles. The van der Waals surface area contributed by atoms with Crippen LogP contribution in [0.2, 0.25) is 0 Å². The first-order valence-corrected chi connectivity index (χ1v) is 16.6. The van der Waals surface area contributed by atoms with E-state index in [0.717, 1.165) is 11.5 Å². The van der Waals surface area contributed by atoms with Crippen LogP contribution in [-0.2, 0) is 0 Å². The van der Waals surface area contributed by atoms with Gasteiger partial charge in [0.05, 0.1) is 16.9 Å². The van der Waals surface area contributed by atoms with Crippen LogP contribution in [0.4, 0.5) is 17.2 Å². The van der Waals surface area contributed by atoms with Crippen molar-refractivity contribution in [2.24, 2.45) is 0 Å². The molecule has 1 aromatic heterocycles. The molecule has 0 bridgehead atoms. The first kappa shape index (κ1) is 25.8. The predicted octanol–water partition coefficient (Wildman–Crippen LogP) is 12.7. The number of aromatic nitrogens is 1. The molecule has 48 heavy (non-hydrogen) atoms. The molecule has 2 aliphatic rings. The summed E-state index contributed by atoms with van der Waals surface area (Å²) in [6.07, 6.45) is 0. The summed E-state index contributed by atoms with van der Waals surface area (Å²) >= 11 is 0. The van der Waals surface area contributed by atoms with Crippen molar-refractivity contribution in [3.63, 3.8) is 0 Å². The Morgan fingerprint density at radius 3 is 1.83 bits per heavy atom. The fourth-order valence-corrected chi connectivity index (χ4v) is 8.43. The van der Waals surface area contributed by atoms with E-state index >= 15 is 0 Å². The van der Waals surface area contributed by atoms with Crippen molar-refractivity contribution in [1.29, 1.82) is 0 Å². The van der Waals surface area contributed by atoms with Gasteiger partial charge in [-0.05, 0) is 91.3 Å². The van der Waals surface area contributed by atoms with Gasteiger partial charge < -0.3 is 0 Å². The van der Waals surface area contributed by atoms with Gasteiger partial charge in [-0.3, -0.25) is 9.47 Å². The van der Waals surface area contributed by atoms with Crippen molar-refractivity contribution in [3.05, 3.63) is 170 Å². The minimum absolute atomic E-state index is 1.13. The normalized spacial score (nSPS) is 12.5. The largest absolute Gasteiger partial charge is 0.295 e. The minimum atomic E-state index is 1.13. The molecule has 0 unspecified atom stereocenters. The molecule has 0 N–H and O–H groups in total. The molecule has 0 radical (unpaired) electrons. The maximum Gasteiger partial charge on any atom is 0.123 e. The van der Waals surface area contributed by atoms with Crippen LogP contribution in [0, 0.1) is 0 Å². The SMILES string of the molecule is c1cc(-c2ccc3c4c(cccc24)-c2ccccc2-3)cc(N2c3ccccc3-c3ccccc3-n3c2cc2c4ccccc4ccc23)c1. The molecule has 0 fully saturated rings. The molecule has 222 valence electrons. The highest BCUT2D eigenvalue weighted by atomic mass is 15.3. The highest BCUT2D eigenvalue weighted by Gasteiger charge is 2.29. The Hall–Kier alpha value is -6.38. The number of benzene rings is 8. The number of anilines is 3. The molecular formula is C46H28N2. The van der Waals surface area contributed by atoms with Gasteiger partial charge >= 0.3 is 0 Å². The average molecular weight is 609 g/mol. The highest BCUT2D eigenvalue weighted by Crippen LogP contribution is 2.52. The van der Waals surface area contributed by atoms with E-state index < -0.39 is 0 Å². The van der Waals surface area contributed by atoms with Gasteiger partial charge in [-0.2, -0.15) is 0 Å². The van der Waals surface area contributed by atoms with Crippen LogP contribution in [0.5, 0.6) is 0 Å². The van der Waals surface area contributed by atoms with E-state index in [0.29, 0.717) is 0 Å². The van der Waals surface area contributed by atoms with Gasteiger partial charge in [-0.25, -0.2) is 0 Å². The topological polar surface area (TPSA) is 8.17 Å². The Bertz CT molecular complexity index is 2770. The van der Waals surface area contributed by atoms with Gasteiger partial charge in [0.15, 0.2) is 0 Å². The number of hydrogen-bond donors (Lipinski definition) is 0. The third-order valence-electron chi connectivity index (χ3n) is 10.5. The fraction of sp³-hybridized carbons (Fsp3) is 0. The zero-order valence-electron chi connectivity index (χ0n) is 26.1. The van der Waals surface area contributed by atoms with Crippen LogP contribution in [-0.4, -0.2) is 4.57 Å². The summed E-state index contributed by atoms with van der Waals surface area (Å²) in [5, 5.41) is 6.42. The van der Waals surface area contributed by atoms with Crippen molar-refractivity contribution >= 4 is 49.6 Å². The molecule has 0 spiro atoms. The summed E-state index contributed by atoms with van der Waals surface area (Å²) in [5.41, 5.74) is 14.9. The van der Waals surface area contributed by atoms with Crippen LogP contribution >= 0.6 is 0 Å². The van der Waals surface area contributed by atoms with Gasteiger partial charge in [-0.15, -0.1) is 0 Å². The maximum absolute atomic E-state index is 2.46. The van der Waals surface area contributed by atoms with Crippen LogP contribution < -0.4 is 4.90 Å². The van der Waals surface area contributed by atoms with E-state index in [-0.39, 0.29) is 0 Å². The van der Waals surface area contributed by atoms with Crippen LogP contribution in [0.25, 0.3) is 82.6 Å². The quantitative estimate of drug-likeness (QED) is 0.190. The molecule has 1 aliphatic carbocycles. The van der Waals surface area contributed by atoms with Gasteiger partial charge in [0.25, 0.3) is 0 Å².